The van der Waals surface area contributed by atoms with E-state index in [0.29, 0.717) is 5.52 Å². The molecule has 0 saturated carbocycles. The van der Waals surface area contributed by atoms with Gasteiger partial charge in [0.25, 0.3) is 0 Å². The molecule has 30 heavy (non-hydrogen) atoms. The van der Waals surface area contributed by atoms with Crippen molar-refractivity contribution < 1.29 is 23.0 Å². The Bertz CT molecular complexity index is 1080. The Morgan fingerprint density at radius 3 is 2.63 bits per heavy atom. The van der Waals surface area contributed by atoms with Crippen molar-refractivity contribution in [1.82, 2.24) is 9.97 Å². The summed E-state index contributed by atoms with van der Waals surface area (Å²) in [6.07, 6.45) is 2.30. The van der Waals surface area contributed by atoms with E-state index in [4.69, 9.17) is 9.47 Å². The van der Waals surface area contributed by atoms with E-state index in [1.807, 2.05) is 6.92 Å². The van der Waals surface area contributed by atoms with Gasteiger partial charge < -0.3 is 19.5 Å². The molecule has 0 radical (unpaired) electrons. The third-order valence-corrected chi connectivity index (χ3v) is 5.11. The average molecular weight is 434 g/mol. The Labute approximate surface area is 176 Å². The van der Waals surface area contributed by atoms with Gasteiger partial charge in [0.2, 0.25) is 5.88 Å². The van der Waals surface area contributed by atoms with Crippen molar-refractivity contribution in [3.63, 3.8) is 0 Å². The zero-order valence-corrected chi connectivity index (χ0v) is 17.4. The highest BCUT2D eigenvalue weighted by molar-refractivity contribution is 8.00. The maximum absolute atomic E-state index is 15.0. The number of carbonyl (C=O) groups excluding carboxylic acids is 1. The van der Waals surface area contributed by atoms with Crippen LogP contribution in [0, 0.1) is 11.6 Å². The highest BCUT2D eigenvalue weighted by Crippen LogP contribution is 2.33. The molecule has 0 aliphatic heterocycles. The first-order chi connectivity index (χ1) is 14.5. The molecule has 0 unspecified atom stereocenters. The second-order valence-electron chi connectivity index (χ2n) is 6.12. The summed E-state index contributed by atoms with van der Waals surface area (Å²) in [7, 11) is 2.62. The minimum Gasteiger partial charge on any atom is -0.480 e. The number of hydrogen-bond acceptors (Lipinski definition) is 8. The summed E-state index contributed by atoms with van der Waals surface area (Å²) in [6, 6.07) is 5.52. The lowest BCUT2D eigenvalue weighted by atomic mass is 10.1. The van der Waals surface area contributed by atoms with Crippen LogP contribution >= 0.6 is 11.9 Å². The third kappa shape index (κ3) is 4.38. The number of benzene rings is 2. The Balaban J connectivity index is 2.09. The van der Waals surface area contributed by atoms with Crippen LogP contribution in [0.2, 0.25) is 0 Å². The van der Waals surface area contributed by atoms with E-state index in [9.17, 15) is 13.6 Å². The van der Waals surface area contributed by atoms with Crippen LogP contribution in [0.4, 0.5) is 25.8 Å². The lowest BCUT2D eigenvalue weighted by molar-refractivity contribution is 0.0604. The topological polar surface area (TPSA) is 85.4 Å². The number of nitrogens with zero attached hydrogens (tertiary/aromatic N) is 2. The van der Waals surface area contributed by atoms with Gasteiger partial charge in [-0.15, -0.1) is 0 Å². The summed E-state index contributed by atoms with van der Waals surface area (Å²) in [5.74, 6) is -1.42. The van der Waals surface area contributed by atoms with Gasteiger partial charge in [0.15, 0.2) is 5.82 Å². The molecule has 3 rings (SSSR count). The fourth-order valence-corrected chi connectivity index (χ4v) is 3.30. The monoisotopic (exact) mass is 434 g/mol. The summed E-state index contributed by atoms with van der Waals surface area (Å²) in [5.41, 5.74) is 0.400. The van der Waals surface area contributed by atoms with Crippen molar-refractivity contribution in [2.75, 3.05) is 30.0 Å². The van der Waals surface area contributed by atoms with Gasteiger partial charge >= 0.3 is 5.97 Å². The van der Waals surface area contributed by atoms with E-state index >= 15 is 0 Å². The molecule has 0 spiro atoms. The van der Waals surface area contributed by atoms with Crippen LogP contribution in [0.3, 0.4) is 0 Å². The molecule has 0 bridgehead atoms. The zero-order chi connectivity index (χ0) is 21.7. The first kappa shape index (κ1) is 21.6. The molecule has 0 aliphatic rings. The lowest BCUT2D eigenvalue weighted by Gasteiger charge is -2.16. The molecule has 0 atom stereocenters. The quantitative estimate of drug-likeness (QED) is 0.294. The summed E-state index contributed by atoms with van der Waals surface area (Å²) < 4.78 is 42.2. The number of nitrogens with one attached hydrogen (secondary N) is 2. The lowest BCUT2D eigenvalue weighted by Crippen LogP contribution is -2.10. The van der Waals surface area contributed by atoms with E-state index in [0.717, 1.165) is 18.2 Å². The molecule has 0 fully saturated rings. The number of fused-ring (bicyclic) bond motifs is 1. The van der Waals surface area contributed by atoms with Crippen LogP contribution in [-0.2, 0) is 4.74 Å². The summed E-state index contributed by atoms with van der Waals surface area (Å²) >= 11 is 1.31. The van der Waals surface area contributed by atoms with Gasteiger partial charge in [-0.1, -0.05) is 18.9 Å². The van der Waals surface area contributed by atoms with Gasteiger partial charge in [-0.3, -0.25) is 0 Å². The van der Waals surface area contributed by atoms with Crippen LogP contribution in [-0.4, -0.2) is 35.9 Å². The second-order valence-corrected chi connectivity index (χ2v) is 7.02. The number of aromatic nitrogens is 2. The summed E-state index contributed by atoms with van der Waals surface area (Å²) in [4.78, 5) is 20.9. The number of esters is 1. The molecular formula is C20H20F2N4O3S. The molecule has 0 saturated heterocycles. The molecule has 3 aromatic rings. The fraction of sp³-hybridized carbons (Fsp3) is 0.250. The first-order valence-electron chi connectivity index (χ1n) is 9.05. The Kier molecular flexibility index (Phi) is 6.88. The Hall–Kier alpha value is -3.14. The number of carbonyl (C=O) groups is 1. The predicted molar refractivity (Wildman–Crippen MR) is 113 cm³/mol. The maximum Gasteiger partial charge on any atom is 0.342 e. The van der Waals surface area contributed by atoms with E-state index in [1.165, 1.54) is 44.5 Å². The predicted octanol–water partition coefficient (Wildman–Crippen LogP) is 4.92. The van der Waals surface area contributed by atoms with E-state index < -0.39 is 23.3 Å². The van der Waals surface area contributed by atoms with Crippen LogP contribution in [0.25, 0.3) is 11.0 Å². The molecule has 158 valence electrons. The highest BCUT2D eigenvalue weighted by Gasteiger charge is 2.22. The van der Waals surface area contributed by atoms with Crippen molar-refractivity contribution in [2.24, 2.45) is 0 Å². The van der Waals surface area contributed by atoms with Crippen molar-refractivity contribution in [1.29, 1.82) is 0 Å². The minimum absolute atomic E-state index is 0.0149. The zero-order valence-electron chi connectivity index (χ0n) is 16.6. The molecule has 1 heterocycles. The largest absolute Gasteiger partial charge is 0.480 e. The van der Waals surface area contributed by atoms with Crippen molar-refractivity contribution in [3.8, 4) is 5.88 Å². The molecule has 0 amide bonds. The van der Waals surface area contributed by atoms with E-state index in [1.54, 1.807) is 6.07 Å². The van der Waals surface area contributed by atoms with Crippen molar-refractivity contribution >= 4 is 46.0 Å². The minimum atomic E-state index is -0.814. The van der Waals surface area contributed by atoms with Crippen LogP contribution in [0.5, 0.6) is 5.88 Å². The number of halogens is 2. The van der Waals surface area contributed by atoms with Gasteiger partial charge in [0.1, 0.15) is 22.6 Å². The van der Waals surface area contributed by atoms with Crippen LogP contribution < -0.4 is 14.8 Å². The Morgan fingerprint density at radius 2 is 1.93 bits per heavy atom. The number of methoxy groups -OCH3 is 2. The summed E-state index contributed by atoms with van der Waals surface area (Å²) in [5, 5.41) is 2.68. The first-order valence-corrected chi connectivity index (χ1v) is 10.0. The normalized spacial score (nSPS) is 10.7. The van der Waals surface area contributed by atoms with E-state index in [-0.39, 0.29) is 28.3 Å². The number of anilines is 3. The van der Waals surface area contributed by atoms with Gasteiger partial charge in [-0.2, -0.15) is 0 Å². The van der Waals surface area contributed by atoms with Crippen LogP contribution in [0.1, 0.15) is 23.7 Å². The smallest absolute Gasteiger partial charge is 0.342 e. The molecule has 0 aliphatic carbocycles. The molecule has 7 nitrogen and oxygen atoms in total. The summed E-state index contributed by atoms with van der Waals surface area (Å²) in [6.45, 7) is 1.99. The average Bonchev–Trinajstić information content (AvgIpc) is 2.77. The second kappa shape index (κ2) is 9.57. The van der Waals surface area contributed by atoms with Gasteiger partial charge in [0, 0.05) is 5.75 Å². The Morgan fingerprint density at radius 1 is 1.17 bits per heavy atom. The molecule has 1 aromatic heterocycles. The molecule has 10 heteroatoms. The van der Waals surface area contributed by atoms with Crippen molar-refractivity contribution in [3.05, 3.63) is 47.7 Å². The van der Waals surface area contributed by atoms with Gasteiger partial charge in [-0.05, 0) is 30.7 Å². The SMILES string of the molecule is CCCSNc1ccc(F)c(Nc2ccc3ncc(OC)nc3c2C(=O)OC)c1F. The van der Waals surface area contributed by atoms with Crippen LogP contribution in [0.15, 0.2) is 30.5 Å². The van der Waals surface area contributed by atoms with Gasteiger partial charge in [-0.25, -0.2) is 23.5 Å². The molecule has 2 N–H and O–H groups in total. The number of hydrogen-bond donors (Lipinski definition) is 2. The standard InChI is InChI=1S/C20H20F2N4O3S/c1-4-9-30-26-13-6-5-11(21)18(17(13)22)24-12-7-8-14-19(16(12)20(27)29-3)25-15(28-2)10-23-14/h5-8,10,24,26H,4,9H2,1-3H3. The maximum atomic E-state index is 15.0. The number of ether oxygens (including phenoxy) is 2. The molecule has 2 aromatic carbocycles. The molecular weight excluding hydrogens is 414 g/mol. The number of rotatable bonds is 8. The third-order valence-electron chi connectivity index (χ3n) is 4.13. The van der Waals surface area contributed by atoms with Gasteiger partial charge in [0.05, 0.1) is 37.3 Å². The fourth-order valence-electron chi connectivity index (χ4n) is 2.68. The van der Waals surface area contributed by atoms with Crippen molar-refractivity contribution in [2.45, 2.75) is 13.3 Å². The highest BCUT2D eigenvalue weighted by atomic mass is 32.2. The van der Waals surface area contributed by atoms with E-state index in [2.05, 4.69) is 20.0 Å².